The highest BCUT2D eigenvalue weighted by molar-refractivity contribution is 5.91. The number of hydrogen-bond donors (Lipinski definition) is 2. The Morgan fingerprint density at radius 3 is 2.62 bits per heavy atom. The second-order valence-corrected chi connectivity index (χ2v) is 4.77. The van der Waals surface area contributed by atoms with Crippen LogP contribution in [0.5, 0.6) is 0 Å². The third-order valence-corrected chi connectivity index (χ3v) is 3.07. The summed E-state index contributed by atoms with van der Waals surface area (Å²) in [7, 11) is 0. The number of non-ortho nitro benzene ring substituents is 1. The topological polar surface area (TPSA) is 98.3 Å². The van der Waals surface area contributed by atoms with E-state index in [0.29, 0.717) is 6.54 Å². The van der Waals surface area contributed by atoms with Crippen molar-refractivity contribution in [3.8, 4) is 0 Å². The number of nitrogens with two attached hydrogens (primary N) is 1. The molecular weight excluding hydrogens is 270 g/mol. The molecule has 21 heavy (non-hydrogen) atoms. The molecule has 0 aliphatic carbocycles. The lowest BCUT2D eigenvalue weighted by atomic mass is 10.1. The number of unbranched alkanes of at least 4 members (excludes halogenated alkanes) is 1. The zero-order valence-electron chi connectivity index (χ0n) is 12.1. The summed E-state index contributed by atoms with van der Waals surface area (Å²) < 4.78 is 0. The number of benzene rings is 1. The van der Waals surface area contributed by atoms with Gasteiger partial charge in [0.25, 0.3) is 5.69 Å². The number of rotatable bonds is 8. The van der Waals surface area contributed by atoms with Gasteiger partial charge in [0, 0.05) is 30.8 Å². The maximum absolute atomic E-state index is 11.8. The number of nitro groups is 1. The summed E-state index contributed by atoms with van der Waals surface area (Å²) in [6, 6.07) is 5.99. The van der Waals surface area contributed by atoms with E-state index >= 15 is 0 Å². The minimum Gasteiger partial charge on any atom is -0.349 e. The molecule has 6 nitrogen and oxygen atoms in total. The Bertz CT molecular complexity index is 497. The minimum absolute atomic E-state index is 0.0149. The van der Waals surface area contributed by atoms with Gasteiger partial charge in [0.05, 0.1) is 4.92 Å². The first-order chi connectivity index (χ1) is 10.1. The van der Waals surface area contributed by atoms with Crippen LogP contribution in [0.25, 0.3) is 6.08 Å². The average Bonchev–Trinajstić information content (AvgIpc) is 2.49. The molecule has 0 aliphatic rings. The maximum atomic E-state index is 11.8. The van der Waals surface area contributed by atoms with Gasteiger partial charge >= 0.3 is 0 Å². The van der Waals surface area contributed by atoms with Crippen molar-refractivity contribution in [3.63, 3.8) is 0 Å². The summed E-state index contributed by atoms with van der Waals surface area (Å²) in [5.74, 6) is -0.208. The predicted octanol–water partition coefficient (Wildman–Crippen LogP) is 2.24. The average molecular weight is 291 g/mol. The first kappa shape index (κ1) is 16.8. The first-order valence-electron chi connectivity index (χ1n) is 7.00. The lowest BCUT2D eigenvalue weighted by molar-refractivity contribution is -0.384. The Morgan fingerprint density at radius 2 is 2.10 bits per heavy atom. The third-order valence-electron chi connectivity index (χ3n) is 3.07. The van der Waals surface area contributed by atoms with Crippen LogP contribution in [0.4, 0.5) is 5.69 Å². The Labute approximate surface area is 124 Å². The summed E-state index contributed by atoms with van der Waals surface area (Å²) in [4.78, 5) is 21.8. The summed E-state index contributed by atoms with van der Waals surface area (Å²) >= 11 is 0. The van der Waals surface area contributed by atoms with Gasteiger partial charge in [-0.3, -0.25) is 14.9 Å². The standard InChI is InChI=1S/C15H21N3O3/c1-2-3-4-13(11-16)17-15(19)10-7-12-5-8-14(9-6-12)18(20)21/h5-10,13H,2-4,11,16H2,1H3,(H,17,19)/b10-7+. The van der Waals surface area contributed by atoms with Gasteiger partial charge in [0.1, 0.15) is 0 Å². The number of nitro benzene ring substituents is 1. The number of carbonyl (C=O) groups is 1. The molecule has 0 bridgehead atoms. The van der Waals surface area contributed by atoms with Gasteiger partial charge in [-0.2, -0.15) is 0 Å². The van der Waals surface area contributed by atoms with E-state index in [1.54, 1.807) is 18.2 Å². The molecule has 0 aliphatic heterocycles. The number of nitrogens with one attached hydrogen (secondary N) is 1. The van der Waals surface area contributed by atoms with Gasteiger partial charge in [0.15, 0.2) is 0 Å². The zero-order valence-corrected chi connectivity index (χ0v) is 12.1. The van der Waals surface area contributed by atoms with Crippen molar-refractivity contribution in [2.75, 3.05) is 6.54 Å². The maximum Gasteiger partial charge on any atom is 0.269 e. The molecule has 0 fully saturated rings. The molecule has 1 aromatic carbocycles. The van der Waals surface area contributed by atoms with E-state index in [4.69, 9.17) is 5.73 Å². The monoisotopic (exact) mass is 291 g/mol. The van der Waals surface area contributed by atoms with Crippen LogP contribution in [-0.4, -0.2) is 23.4 Å². The molecule has 1 rings (SSSR count). The van der Waals surface area contributed by atoms with Crippen LogP contribution in [0.3, 0.4) is 0 Å². The lowest BCUT2D eigenvalue weighted by Crippen LogP contribution is -2.39. The molecule has 1 atom stereocenters. The molecule has 114 valence electrons. The van der Waals surface area contributed by atoms with Crippen LogP contribution < -0.4 is 11.1 Å². The highest BCUT2D eigenvalue weighted by Crippen LogP contribution is 2.12. The normalized spacial score (nSPS) is 12.3. The Kier molecular flexibility index (Phi) is 7.11. The molecule has 6 heteroatoms. The van der Waals surface area contributed by atoms with Crippen molar-refractivity contribution in [1.82, 2.24) is 5.32 Å². The van der Waals surface area contributed by atoms with E-state index < -0.39 is 4.92 Å². The first-order valence-corrected chi connectivity index (χ1v) is 7.00. The number of hydrogen-bond acceptors (Lipinski definition) is 4. The van der Waals surface area contributed by atoms with E-state index in [0.717, 1.165) is 24.8 Å². The van der Waals surface area contributed by atoms with E-state index in [1.165, 1.54) is 18.2 Å². The minimum atomic E-state index is -0.459. The van der Waals surface area contributed by atoms with Gasteiger partial charge < -0.3 is 11.1 Å². The van der Waals surface area contributed by atoms with Crippen LogP contribution in [0.15, 0.2) is 30.3 Å². The van der Waals surface area contributed by atoms with Gasteiger partial charge in [-0.15, -0.1) is 0 Å². The van der Waals surface area contributed by atoms with Gasteiger partial charge in [-0.1, -0.05) is 19.8 Å². The Balaban J connectivity index is 2.54. The number of amides is 1. The molecule has 3 N–H and O–H groups in total. The predicted molar refractivity (Wildman–Crippen MR) is 82.6 cm³/mol. The van der Waals surface area contributed by atoms with Crippen molar-refractivity contribution in [1.29, 1.82) is 0 Å². The van der Waals surface area contributed by atoms with Crippen molar-refractivity contribution in [3.05, 3.63) is 46.0 Å². The fourth-order valence-electron chi connectivity index (χ4n) is 1.83. The molecule has 0 saturated carbocycles. The van der Waals surface area contributed by atoms with E-state index in [9.17, 15) is 14.9 Å². The fraction of sp³-hybridized carbons (Fsp3) is 0.400. The van der Waals surface area contributed by atoms with Crippen molar-refractivity contribution >= 4 is 17.7 Å². The second kappa shape index (κ2) is 8.86. The SMILES string of the molecule is CCCCC(CN)NC(=O)/C=C/c1ccc([N+](=O)[O-])cc1. The quantitative estimate of drug-likeness (QED) is 0.436. The molecule has 0 spiro atoms. The summed E-state index contributed by atoms with van der Waals surface area (Å²) in [5, 5.41) is 13.4. The van der Waals surface area contributed by atoms with E-state index in [2.05, 4.69) is 12.2 Å². The smallest absolute Gasteiger partial charge is 0.269 e. The van der Waals surface area contributed by atoms with Crippen molar-refractivity contribution < 1.29 is 9.72 Å². The van der Waals surface area contributed by atoms with Crippen LogP contribution in [-0.2, 0) is 4.79 Å². The van der Waals surface area contributed by atoms with Gasteiger partial charge in [0.2, 0.25) is 5.91 Å². The summed E-state index contributed by atoms with van der Waals surface area (Å²) in [5.41, 5.74) is 6.37. The van der Waals surface area contributed by atoms with Crippen LogP contribution in [0.2, 0.25) is 0 Å². The Hall–Kier alpha value is -2.21. The van der Waals surface area contributed by atoms with Crippen LogP contribution >= 0.6 is 0 Å². The van der Waals surface area contributed by atoms with Crippen LogP contribution in [0, 0.1) is 10.1 Å². The zero-order chi connectivity index (χ0) is 15.7. The molecular formula is C15H21N3O3. The van der Waals surface area contributed by atoms with Gasteiger partial charge in [-0.25, -0.2) is 0 Å². The summed E-state index contributed by atoms with van der Waals surface area (Å²) in [6.45, 7) is 2.50. The van der Waals surface area contributed by atoms with Gasteiger partial charge in [-0.05, 0) is 30.2 Å². The van der Waals surface area contributed by atoms with Crippen molar-refractivity contribution in [2.24, 2.45) is 5.73 Å². The third kappa shape index (κ3) is 6.18. The second-order valence-electron chi connectivity index (χ2n) is 4.77. The lowest BCUT2D eigenvalue weighted by Gasteiger charge is -2.14. The highest BCUT2D eigenvalue weighted by atomic mass is 16.6. The largest absolute Gasteiger partial charge is 0.349 e. The fourth-order valence-corrected chi connectivity index (χ4v) is 1.83. The summed E-state index contributed by atoms with van der Waals surface area (Å²) in [6.07, 6.45) is 5.98. The molecule has 1 amide bonds. The highest BCUT2D eigenvalue weighted by Gasteiger charge is 2.08. The van der Waals surface area contributed by atoms with E-state index in [1.807, 2.05) is 0 Å². The van der Waals surface area contributed by atoms with Crippen molar-refractivity contribution in [2.45, 2.75) is 32.2 Å². The molecule has 1 aromatic rings. The molecule has 0 heterocycles. The molecule has 0 radical (unpaired) electrons. The number of carbonyl (C=O) groups excluding carboxylic acids is 1. The number of nitrogens with zero attached hydrogens (tertiary/aromatic N) is 1. The molecule has 1 unspecified atom stereocenters. The molecule has 0 aromatic heterocycles. The molecule has 0 saturated heterocycles. The van der Waals surface area contributed by atoms with E-state index in [-0.39, 0.29) is 17.6 Å². The van der Waals surface area contributed by atoms with Crippen LogP contribution in [0.1, 0.15) is 31.7 Å². The Morgan fingerprint density at radius 1 is 1.43 bits per heavy atom.